The molecule has 1 amide bonds. The van der Waals surface area contributed by atoms with Crippen LogP contribution in [-0.4, -0.2) is 15.9 Å². The lowest BCUT2D eigenvalue weighted by Gasteiger charge is -2.10. The van der Waals surface area contributed by atoms with Gasteiger partial charge >= 0.3 is 6.09 Å². The molecular weight excluding hydrogens is 405 g/mol. The molecule has 1 aromatic heterocycles. The van der Waals surface area contributed by atoms with E-state index in [0.717, 1.165) is 14.8 Å². The summed E-state index contributed by atoms with van der Waals surface area (Å²) in [5.74, 6) is 0.592. The number of ether oxygens (including phenoxy) is 1. The van der Waals surface area contributed by atoms with Gasteiger partial charge in [-0.15, -0.1) is 0 Å². The van der Waals surface area contributed by atoms with Gasteiger partial charge in [-0.2, -0.15) is 5.10 Å². The van der Waals surface area contributed by atoms with Crippen molar-refractivity contribution in [2.75, 3.05) is 5.32 Å². The summed E-state index contributed by atoms with van der Waals surface area (Å²) in [6.07, 6.45) is 1.19. The fourth-order valence-corrected chi connectivity index (χ4v) is 2.55. The molecule has 23 heavy (non-hydrogen) atoms. The minimum Gasteiger partial charge on any atom is -0.444 e. The Morgan fingerprint density at radius 3 is 2.43 bits per heavy atom. The lowest BCUT2D eigenvalue weighted by molar-refractivity contribution is 0.155. The molecule has 0 bridgehead atoms. The van der Waals surface area contributed by atoms with Crippen LogP contribution in [-0.2, 0) is 11.3 Å². The monoisotopic (exact) mass is 419 g/mol. The SMILES string of the molecule is O=C(Nc1c(I)cnn1-c1ccccc1)OCc1ccccc1. The Morgan fingerprint density at radius 2 is 1.74 bits per heavy atom. The third kappa shape index (κ3) is 3.89. The number of aromatic nitrogens is 2. The van der Waals surface area contributed by atoms with Gasteiger partial charge in [-0.3, -0.25) is 5.32 Å². The zero-order valence-electron chi connectivity index (χ0n) is 12.1. The number of benzene rings is 2. The molecule has 3 aromatic rings. The van der Waals surface area contributed by atoms with Gasteiger partial charge in [0.15, 0.2) is 5.82 Å². The number of anilines is 1. The van der Waals surface area contributed by atoms with Crippen LogP contribution in [0.4, 0.5) is 10.6 Å². The summed E-state index contributed by atoms with van der Waals surface area (Å²) in [5.41, 5.74) is 1.81. The van der Waals surface area contributed by atoms with Gasteiger partial charge in [0.05, 0.1) is 15.5 Å². The molecule has 6 heteroatoms. The molecule has 1 N–H and O–H groups in total. The first-order chi connectivity index (χ1) is 11.2. The molecule has 0 aliphatic carbocycles. The second-order valence-electron chi connectivity index (χ2n) is 4.78. The highest BCUT2D eigenvalue weighted by molar-refractivity contribution is 14.1. The van der Waals surface area contributed by atoms with Crippen LogP contribution >= 0.6 is 22.6 Å². The average molecular weight is 419 g/mol. The Bertz CT molecular complexity index is 788. The second-order valence-corrected chi connectivity index (χ2v) is 5.94. The molecule has 0 fully saturated rings. The van der Waals surface area contributed by atoms with E-state index in [2.05, 4.69) is 33.0 Å². The first-order valence-corrected chi connectivity index (χ1v) is 8.08. The number of nitrogens with one attached hydrogen (secondary N) is 1. The van der Waals surface area contributed by atoms with Gasteiger partial charge in [0.25, 0.3) is 0 Å². The number of hydrogen-bond acceptors (Lipinski definition) is 3. The van der Waals surface area contributed by atoms with Crippen LogP contribution in [0.5, 0.6) is 0 Å². The zero-order valence-corrected chi connectivity index (χ0v) is 14.3. The van der Waals surface area contributed by atoms with Crippen LogP contribution in [0.2, 0.25) is 0 Å². The third-order valence-corrected chi connectivity index (χ3v) is 3.95. The van der Waals surface area contributed by atoms with Gasteiger partial charge in [-0.05, 0) is 40.3 Å². The molecule has 5 nitrogen and oxygen atoms in total. The first kappa shape index (κ1) is 15.5. The number of halogens is 1. The number of rotatable bonds is 4. The summed E-state index contributed by atoms with van der Waals surface area (Å²) >= 11 is 2.13. The molecule has 1 heterocycles. The predicted octanol–water partition coefficient (Wildman–Crippen LogP) is 4.23. The molecule has 0 radical (unpaired) electrons. The van der Waals surface area contributed by atoms with Gasteiger partial charge < -0.3 is 4.74 Å². The quantitative estimate of drug-likeness (QED) is 0.645. The summed E-state index contributed by atoms with van der Waals surface area (Å²) in [6.45, 7) is 0.225. The third-order valence-electron chi connectivity index (χ3n) is 3.16. The van der Waals surface area contributed by atoms with Crippen molar-refractivity contribution in [2.45, 2.75) is 6.61 Å². The van der Waals surface area contributed by atoms with Crippen molar-refractivity contribution in [1.29, 1.82) is 0 Å². The van der Waals surface area contributed by atoms with E-state index >= 15 is 0 Å². The first-order valence-electron chi connectivity index (χ1n) is 7.00. The normalized spacial score (nSPS) is 10.3. The van der Waals surface area contributed by atoms with Crippen molar-refractivity contribution >= 4 is 34.5 Å². The topological polar surface area (TPSA) is 56.2 Å². The molecule has 3 rings (SSSR count). The fourth-order valence-electron chi connectivity index (χ4n) is 2.06. The van der Waals surface area contributed by atoms with E-state index in [9.17, 15) is 4.79 Å². The molecule has 0 spiro atoms. The highest BCUT2D eigenvalue weighted by Crippen LogP contribution is 2.22. The van der Waals surface area contributed by atoms with Crippen molar-refractivity contribution in [3.05, 3.63) is 76.0 Å². The van der Waals surface area contributed by atoms with Crippen LogP contribution in [0.25, 0.3) is 5.69 Å². The molecular formula is C17H14IN3O2. The highest BCUT2D eigenvalue weighted by Gasteiger charge is 2.14. The van der Waals surface area contributed by atoms with E-state index < -0.39 is 6.09 Å². The van der Waals surface area contributed by atoms with Crippen LogP contribution in [0.15, 0.2) is 66.9 Å². The minimum atomic E-state index is -0.510. The largest absolute Gasteiger partial charge is 0.444 e. The summed E-state index contributed by atoms with van der Waals surface area (Å²) < 4.78 is 7.76. The number of carbonyl (C=O) groups excluding carboxylic acids is 1. The Balaban J connectivity index is 1.70. The Morgan fingerprint density at radius 1 is 1.09 bits per heavy atom. The summed E-state index contributed by atoms with van der Waals surface area (Å²) in [4.78, 5) is 12.0. The van der Waals surface area contributed by atoms with Gasteiger partial charge in [-0.25, -0.2) is 9.48 Å². The van der Waals surface area contributed by atoms with Gasteiger partial charge in [0.2, 0.25) is 0 Å². The number of nitrogens with zero attached hydrogens (tertiary/aromatic N) is 2. The number of para-hydroxylation sites is 1. The van der Waals surface area contributed by atoms with E-state index in [1.54, 1.807) is 10.9 Å². The van der Waals surface area contributed by atoms with Crippen LogP contribution in [0.3, 0.4) is 0 Å². The highest BCUT2D eigenvalue weighted by atomic mass is 127. The van der Waals surface area contributed by atoms with Gasteiger partial charge in [-0.1, -0.05) is 48.5 Å². The van der Waals surface area contributed by atoms with Crippen molar-refractivity contribution in [1.82, 2.24) is 9.78 Å². The van der Waals surface area contributed by atoms with Gasteiger partial charge in [0.1, 0.15) is 6.61 Å². The molecule has 0 atom stereocenters. The number of carbonyl (C=O) groups is 1. The fraction of sp³-hybridized carbons (Fsp3) is 0.0588. The van der Waals surface area contributed by atoms with Crippen molar-refractivity contribution < 1.29 is 9.53 Å². The molecule has 0 saturated carbocycles. The molecule has 0 aliphatic rings. The maximum Gasteiger partial charge on any atom is 0.413 e. The summed E-state index contributed by atoms with van der Waals surface area (Å²) in [6, 6.07) is 19.2. The molecule has 0 unspecified atom stereocenters. The van der Waals surface area contributed by atoms with E-state index in [1.165, 1.54) is 0 Å². The number of hydrogen-bond donors (Lipinski definition) is 1. The Labute approximate surface area is 147 Å². The van der Waals surface area contributed by atoms with Crippen LogP contribution < -0.4 is 5.32 Å². The summed E-state index contributed by atoms with van der Waals surface area (Å²) in [7, 11) is 0. The zero-order chi connectivity index (χ0) is 16.1. The van der Waals surface area contributed by atoms with Crippen molar-refractivity contribution in [2.24, 2.45) is 0 Å². The van der Waals surface area contributed by atoms with Crippen LogP contribution in [0.1, 0.15) is 5.56 Å². The van der Waals surface area contributed by atoms with E-state index in [4.69, 9.17) is 4.74 Å². The van der Waals surface area contributed by atoms with Crippen LogP contribution in [0, 0.1) is 3.57 Å². The second kappa shape index (κ2) is 7.28. The van der Waals surface area contributed by atoms with E-state index in [0.29, 0.717) is 5.82 Å². The molecule has 0 aliphatic heterocycles. The minimum absolute atomic E-state index is 0.225. The molecule has 116 valence electrons. The van der Waals surface area contributed by atoms with E-state index in [-0.39, 0.29) is 6.61 Å². The number of amides is 1. The summed E-state index contributed by atoms with van der Waals surface area (Å²) in [5, 5.41) is 7.06. The van der Waals surface area contributed by atoms with Gasteiger partial charge in [0, 0.05) is 0 Å². The maximum absolute atomic E-state index is 12.0. The standard InChI is InChI=1S/C17H14IN3O2/c18-15-11-19-21(14-9-5-2-6-10-14)16(15)20-17(22)23-12-13-7-3-1-4-8-13/h1-11H,12H2,(H,20,22). The smallest absolute Gasteiger partial charge is 0.413 e. The molecule has 0 saturated heterocycles. The predicted molar refractivity (Wildman–Crippen MR) is 96.5 cm³/mol. The Kier molecular flexibility index (Phi) is 4.92. The Hall–Kier alpha value is -2.35. The molecule has 2 aromatic carbocycles. The lowest BCUT2D eigenvalue weighted by Crippen LogP contribution is -2.17. The average Bonchev–Trinajstić information content (AvgIpc) is 2.95. The van der Waals surface area contributed by atoms with E-state index in [1.807, 2.05) is 60.7 Å². The van der Waals surface area contributed by atoms with Crippen molar-refractivity contribution in [3.8, 4) is 5.69 Å². The maximum atomic E-state index is 12.0. The lowest BCUT2D eigenvalue weighted by atomic mass is 10.2. The van der Waals surface area contributed by atoms with Crippen molar-refractivity contribution in [3.63, 3.8) is 0 Å².